The Bertz CT molecular complexity index is 393. The van der Waals surface area contributed by atoms with E-state index >= 15 is 0 Å². The number of aryl methyl sites for hydroxylation is 1. The van der Waals surface area contributed by atoms with Gasteiger partial charge in [-0.2, -0.15) is 5.10 Å². The highest BCUT2D eigenvalue weighted by molar-refractivity contribution is 9.10. The Balaban J connectivity index is 2.86. The number of fused-ring (bicyclic) bond motifs is 1. The van der Waals surface area contributed by atoms with Crippen LogP contribution < -0.4 is 0 Å². The summed E-state index contributed by atoms with van der Waals surface area (Å²) in [7, 11) is 1.90. The Morgan fingerprint density at radius 1 is 1.45 bits per heavy atom. The van der Waals surface area contributed by atoms with Gasteiger partial charge in [-0.3, -0.25) is 4.68 Å². The Morgan fingerprint density at radius 3 is 3.09 bits per heavy atom. The molecule has 2 rings (SSSR count). The van der Waals surface area contributed by atoms with Gasteiger partial charge in [0.1, 0.15) is 10.1 Å². The second-order valence-corrected chi connectivity index (χ2v) is 3.12. The molecule has 0 amide bonds. The Kier molecular flexibility index (Phi) is 1.42. The predicted octanol–water partition coefficient (Wildman–Crippen LogP) is 1.73. The fourth-order valence-electron chi connectivity index (χ4n) is 1.01. The number of rotatable bonds is 0. The molecule has 2 aromatic heterocycles. The number of pyridine rings is 1. The maximum Gasteiger partial charge on any atom is 0.110 e. The zero-order chi connectivity index (χ0) is 7.84. The van der Waals surface area contributed by atoms with E-state index in [2.05, 4.69) is 26.0 Å². The van der Waals surface area contributed by atoms with Crippen LogP contribution in [0.1, 0.15) is 0 Å². The minimum absolute atomic E-state index is 0.845. The van der Waals surface area contributed by atoms with Gasteiger partial charge in [0, 0.05) is 7.05 Å². The molecule has 0 aromatic carbocycles. The largest absolute Gasteiger partial charge is 0.266 e. The Hall–Kier alpha value is -0.900. The van der Waals surface area contributed by atoms with Crippen molar-refractivity contribution >= 4 is 27.0 Å². The summed E-state index contributed by atoms with van der Waals surface area (Å²) in [6.45, 7) is 0. The molecule has 0 aliphatic rings. The first-order chi connectivity index (χ1) is 5.27. The fourth-order valence-corrected chi connectivity index (χ4v) is 1.34. The fraction of sp³-hybridized carbons (Fsp3) is 0.143. The van der Waals surface area contributed by atoms with Crippen LogP contribution in [0.15, 0.2) is 22.9 Å². The lowest BCUT2D eigenvalue weighted by Crippen LogP contribution is -1.88. The Labute approximate surface area is 72.2 Å². The molecule has 56 valence electrons. The van der Waals surface area contributed by atoms with E-state index in [1.807, 2.05) is 19.2 Å². The molecule has 3 nitrogen and oxygen atoms in total. The van der Waals surface area contributed by atoms with Gasteiger partial charge in [0.25, 0.3) is 0 Å². The summed E-state index contributed by atoms with van der Waals surface area (Å²) in [5.41, 5.74) is 1.97. The molecule has 2 aromatic rings. The molecule has 0 bridgehead atoms. The minimum Gasteiger partial charge on any atom is -0.266 e. The van der Waals surface area contributed by atoms with E-state index in [0.29, 0.717) is 0 Å². The normalized spacial score (nSPS) is 10.7. The third kappa shape index (κ3) is 1.03. The summed E-state index contributed by atoms with van der Waals surface area (Å²) in [6, 6.07) is 3.89. The Morgan fingerprint density at radius 2 is 2.27 bits per heavy atom. The smallest absolute Gasteiger partial charge is 0.110 e. The molecule has 2 heterocycles. The molecule has 0 N–H and O–H groups in total. The molecule has 0 aliphatic carbocycles. The van der Waals surface area contributed by atoms with Crippen LogP contribution in [0.5, 0.6) is 0 Å². The molecular formula is C7H6BrN3. The molecule has 0 radical (unpaired) electrons. The van der Waals surface area contributed by atoms with E-state index in [4.69, 9.17) is 0 Å². The van der Waals surface area contributed by atoms with Crippen LogP contribution in [0.4, 0.5) is 0 Å². The maximum atomic E-state index is 4.23. The number of nitrogens with zero attached hydrogens (tertiary/aromatic N) is 3. The average molecular weight is 212 g/mol. The summed E-state index contributed by atoms with van der Waals surface area (Å²) in [5, 5.41) is 4.07. The molecule has 0 saturated heterocycles. The van der Waals surface area contributed by atoms with Crippen LogP contribution in [0, 0.1) is 0 Å². The van der Waals surface area contributed by atoms with Gasteiger partial charge in [-0.25, -0.2) is 4.98 Å². The van der Waals surface area contributed by atoms with Crippen molar-refractivity contribution in [3.8, 4) is 0 Å². The molecular weight excluding hydrogens is 206 g/mol. The van der Waals surface area contributed by atoms with E-state index < -0.39 is 0 Å². The van der Waals surface area contributed by atoms with Crippen LogP contribution in [-0.4, -0.2) is 14.8 Å². The number of aromatic nitrogens is 3. The van der Waals surface area contributed by atoms with Crippen LogP contribution in [0.25, 0.3) is 11.0 Å². The van der Waals surface area contributed by atoms with Gasteiger partial charge >= 0.3 is 0 Å². The molecule has 0 aliphatic heterocycles. The van der Waals surface area contributed by atoms with Crippen molar-refractivity contribution in [2.45, 2.75) is 0 Å². The third-order valence-corrected chi connectivity index (χ3v) is 2.01. The molecule has 0 atom stereocenters. The van der Waals surface area contributed by atoms with Crippen molar-refractivity contribution in [1.82, 2.24) is 14.8 Å². The summed E-state index contributed by atoms with van der Waals surface area (Å²) in [5.74, 6) is 0. The molecule has 0 unspecified atom stereocenters. The van der Waals surface area contributed by atoms with Crippen LogP contribution in [-0.2, 0) is 7.05 Å². The van der Waals surface area contributed by atoms with Gasteiger partial charge in [0.05, 0.1) is 11.7 Å². The van der Waals surface area contributed by atoms with Crippen molar-refractivity contribution < 1.29 is 0 Å². The predicted molar refractivity (Wildman–Crippen MR) is 46.2 cm³/mol. The van der Waals surface area contributed by atoms with Crippen LogP contribution in [0.3, 0.4) is 0 Å². The van der Waals surface area contributed by atoms with E-state index in [0.717, 1.165) is 15.6 Å². The van der Waals surface area contributed by atoms with Gasteiger partial charge in [0.15, 0.2) is 0 Å². The molecule has 0 fully saturated rings. The topological polar surface area (TPSA) is 30.7 Å². The van der Waals surface area contributed by atoms with E-state index in [-0.39, 0.29) is 0 Å². The molecule has 11 heavy (non-hydrogen) atoms. The summed E-state index contributed by atoms with van der Waals surface area (Å²) in [4.78, 5) is 4.23. The van der Waals surface area contributed by atoms with Crippen molar-refractivity contribution in [2.24, 2.45) is 7.05 Å². The van der Waals surface area contributed by atoms with Gasteiger partial charge < -0.3 is 0 Å². The number of halogens is 1. The van der Waals surface area contributed by atoms with Crippen LogP contribution in [0.2, 0.25) is 0 Å². The first kappa shape index (κ1) is 6.79. The lowest BCUT2D eigenvalue weighted by atomic mass is 10.4. The van der Waals surface area contributed by atoms with Crippen molar-refractivity contribution in [2.75, 3.05) is 0 Å². The minimum atomic E-state index is 0.845. The maximum absolute atomic E-state index is 4.23. The second kappa shape index (κ2) is 2.30. The number of hydrogen-bond acceptors (Lipinski definition) is 2. The first-order valence-electron chi connectivity index (χ1n) is 3.21. The first-order valence-corrected chi connectivity index (χ1v) is 4.01. The zero-order valence-corrected chi connectivity index (χ0v) is 7.54. The van der Waals surface area contributed by atoms with Crippen molar-refractivity contribution in [1.29, 1.82) is 0 Å². The van der Waals surface area contributed by atoms with Crippen molar-refractivity contribution in [3.05, 3.63) is 22.9 Å². The second-order valence-electron chi connectivity index (χ2n) is 2.31. The highest BCUT2D eigenvalue weighted by Crippen LogP contribution is 2.13. The SMILES string of the molecule is Cn1ncc2nc(Br)ccc21. The standard InChI is InChI=1S/C7H6BrN3/c1-11-6-2-3-7(8)10-5(6)4-9-11/h2-4H,1H3. The third-order valence-electron chi connectivity index (χ3n) is 1.57. The zero-order valence-electron chi connectivity index (χ0n) is 5.95. The van der Waals surface area contributed by atoms with E-state index in [1.165, 1.54) is 0 Å². The van der Waals surface area contributed by atoms with E-state index in [9.17, 15) is 0 Å². The van der Waals surface area contributed by atoms with E-state index in [1.54, 1.807) is 10.9 Å². The van der Waals surface area contributed by atoms with Crippen molar-refractivity contribution in [3.63, 3.8) is 0 Å². The highest BCUT2D eigenvalue weighted by Gasteiger charge is 1.99. The van der Waals surface area contributed by atoms with Gasteiger partial charge in [0.2, 0.25) is 0 Å². The lowest BCUT2D eigenvalue weighted by molar-refractivity contribution is 0.797. The molecule has 0 saturated carbocycles. The monoisotopic (exact) mass is 211 g/mol. The van der Waals surface area contributed by atoms with Gasteiger partial charge in [-0.05, 0) is 28.1 Å². The van der Waals surface area contributed by atoms with Gasteiger partial charge in [-0.15, -0.1) is 0 Å². The molecule has 4 heteroatoms. The lowest BCUT2D eigenvalue weighted by Gasteiger charge is -1.92. The summed E-state index contributed by atoms with van der Waals surface area (Å²) in [6.07, 6.45) is 1.75. The quantitative estimate of drug-likeness (QED) is 0.622. The summed E-state index contributed by atoms with van der Waals surface area (Å²) >= 11 is 3.29. The van der Waals surface area contributed by atoms with Gasteiger partial charge in [-0.1, -0.05) is 0 Å². The van der Waals surface area contributed by atoms with Crippen LogP contribution >= 0.6 is 15.9 Å². The highest BCUT2D eigenvalue weighted by atomic mass is 79.9. The number of hydrogen-bond donors (Lipinski definition) is 0. The average Bonchev–Trinajstić information content (AvgIpc) is 2.32. The molecule has 0 spiro atoms. The summed E-state index contributed by atoms with van der Waals surface area (Å²) < 4.78 is 2.65.